The van der Waals surface area contributed by atoms with Crippen molar-refractivity contribution >= 4 is 15.9 Å². The topological polar surface area (TPSA) is 107 Å². The summed E-state index contributed by atoms with van der Waals surface area (Å²) in [5, 5.41) is 10.5. The number of carbonyl (C=O) groups is 1. The van der Waals surface area contributed by atoms with Gasteiger partial charge in [0.25, 0.3) is 15.9 Å². The fourth-order valence-corrected chi connectivity index (χ4v) is 2.99. The minimum absolute atomic E-state index is 0.253. The van der Waals surface area contributed by atoms with Crippen molar-refractivity contribution < 1.29 is 22.0 Å². The summed E-state index contributed by atoms with van der Waals surface area (Å²) in [6.07, 6.45) is 1.26. The summed E-state index contributed by atoms with van der Waals surface area (Å²) in [5.74, 6) is -3.27. The van der Waals surface area contributed by atoms with Gasteiger partial charge in [-0.05, 0) is 40.8 Å². The Bertz CT molecular complexity index is 1040. The van der Waals surface area contributed by atoms with Gasteiger partial charge in [0.15, 0.2) is 0 Å². The van der Waals surface area contributed by atoms with Gasteiger partial charge in [0.1, 0.15) is 18.0 Å². The second-order valence-electron chi connectivity index (χ2n) is 4.81. The second kappa shape index (κ2) is 6.36. The predicted molar refractivity (Wildman–Crippen MR) is 80.2 cm³/mol. The third-order valence-electron chi connectivity index (χ3n) is 3.14. The van der Waals surface area contributed by atoms with E-state index in [-0.39, 0.29) is 4.90 Å². The van der Waals surface area contributed by atoms with Crippen molar-refractivity contribution in [2.45, 2.75) is 4.90 Å². The highest BCUT2D eigenvalue weighted by molar-refractivity contribution is 7.90. The van der Waals surface area contributed by atoms with Gasteiger partial charge in [0.2, 0.25) is 0 Å². The van der Waals surface area contributed by atoms with Crippen LogP contribution in [-0.2, 0) is 10.0 Å². The van der Waals surface area contributed by atoms with Crippen molar-refractivity contribution in [3.8, 4) is 5.69 Å². The molecule has 0 unspecified atom stereocenters. The molecule has 0 fully saturated rings. The molecule has 1 N–H and O–H groups in total. The Balaban J connectivity index is 1.89. The average molecular weight is 365 g/mol. The molecule has 0 aliphatic heterocycles. The fraction of sp³-hybridized carbons (Fsp3) is 0. The largest absolute Gasteiger partial charge is 0.268 e. The quantitative estimate of drug-likeness (QED) is 0.741. The van der Waals surface area contributed by atoms with Crippen LogP contribution in [0.25, 0.3) is 5.69 Å². The minimum atomic E-state index is -4.29. The van der Waals surface area contributed by atoms with Gasteiger partial charge >= 0.3 is 0 Å². The lowest BCUT2D eigenvalue weighted by atomic mass is 10.2. The number of carbonyl (C=O) groups excluding carboxylic acids is 1. The van der Waals surface area contributed by atoms with Crippen LogP contribution in [0.3, 0.4) is 0 Å². The summed E-state index contributed by atoms with van der Waals surface area (Å²) in [4.78, 5) is 11.7. The SMILES string of the molecule is O=C(NS(=O)(=O)c1cccc(-n2cnnn2)c1)c1ccc(F)cc1F. The van der Waals surface area contributed by atoms with Gasteiger partial charge in [0.05, 0.1) is 16.1 Å². The normalized spacial score (nSPS) is 11.3. The lowest BCUT2D eigenvalue weighted by Crippen LogP contribution is -2.31. The standard InChI is InChI=1S/C14H9F2N5O3S/c15-9-4-5-12(13(16)6-9)14(22)18-25(23,24)11-3-1-2-10(7-11)21-8-17-19-20-21/h1-8H,(H,18,22). The van der Waals surface area contributed by atoms with Crippen LogP contribution in [0.2, 0.25) is 0 Å². The molecule has 3 rings (SSSR count). The van der Waals surface area contributed by atoms with E-state index in [1.807, 2.05) is 0 Å². The molecule has 3 aromatic rings. The van der Waals surface area contributed by atoms with Gasteiger partial charge in [-0.2, -0.15) is 0 Å². The Kier molecular flexibility index (Phi) is 4.23. The Morgan fingerprint density at radius 2 is 1.92 bits per heavy atom. The van der Waals surface area contributed by atoms with Crippen LogP contribution in [0.4, 0.5) is 8.78 Å². The maximum atomic E-state index is 13.6. The Hall–Kier alpha value is -3.21. The molecule has 0 radical (unpaired) electrons. The first kappa shape index (κ1) is 16.6. The highest BCUT2D eigenvalue weighted by atomic mass is 32.2. The molecule has 0 aliphatic carbocycles. The number of hydrogen-bond donors (Lipinski definition) is 1. The van der Waals surface area contributed by atoms with Crippen LogP contribution < -0.4 is 4.72 Å². The highest BCUT2D eigenvalue weighted by Gasteiger charge is 2.21. The van der Waals surface area contributed by atoms with Crippen molar-refractivity contribution in [3.63, 3.8) is 0 Å². The van der Waals surface area contributed by atoms with Crippen LogP contribution in [-0.4, -0.2) is 34.5 Å². The van der Waals surface area contributed by atoms with Crippen molar-refractivity contribution in [3.05, 3.63) is 66.0 Å². The number of aromatic nitrogens is 4. The van der Waals surface area contributed by atoms with Gasteiger partial charge in [-0.15, -0.1) is 5.10 Å². The molecule has 11 heteroatoms. The Morgan fingerprint density at radius 3 is 2.60 bits per heavy atom. The van der Waals surface area contributed by atoms with Crippen LogP contribution in [0, 0.1) is 11.6 Å². The molecular weight excluding hydrogens is 356 g/mol. The zero-order valence-corrected chi connectivity index (χ0v) is 13.1. The first-order valence-electron chi connectivity index (χ1n) is 6.72. The van der Waals surface area contributed by atoms with E-state index in [0.717, 1.165) is 12.1 Å². The van der Waals surface area contributed by atoms with E-state index in [9.17, 15) is 22.0 Å². The summed E-state index contributed by atoms with van der Waals surface area (Å²) in [7, 11) is -4.29. The van der Waals surface area contributed by atoms with Crippen molar-refractivity contribution in [1.82, 2.24) is 24.9 Å². The Morgan fingerprint density at radius 1 is 1.12 bits per heavy atom. The van der Waals surface area contributed by atoms with E-state index in [1.165, 1.54) is 29.2 Å². The summed E-state index contributed by atoms with van der Waals surface area (Å²) in [6, 6.07) is 7.64. The number of tetrazole rings is 1. The van der Waals surface area contributed by atoms with E-state index in [4.69, 9.17) is 0 Å². The number of rotatable bonds is 4. The predicted octanol–water partition coefficient (Wildman–Crippen LogP) is 1.06. The maximum Gasteiger partial charge on any atom is 0.267 e. The third kappa shape index (κ3) is 3.50. The summed E-state index contributed by atoms with van der Waals surface area (Å²) in [6.45, 7) is 0. The molecule has 0 saturated heterocycles. The molecule has 0 saturated carbocycles. The summed E-state index contributed by atoms with van der Waals surface area (Å²) in [5.41, 5.74) is -0.255. The van der Waals surface area contributed by atoms with E-state index < -0.39 is 33.1 Å². The number of nitrogens with one attached hydrogen (secondary N) is 1. The molecule has 0 aliphatic rings. The molecular formula is C14H9F2N5O3S. The number of hydrogen-bond acceptors (Lipinski definition) is 6. The molecule has 0 spiro atoms. The summed E-state index contributed by atoms with van der Waals surface area (Å²) < 4.78 is 54.1. The fourth-order valence-electron chi connectivity index (χ4n) is 1.98. The van der Waals surface area contributed by atoms with Crippen LogP contribution in [0.1, 0.15) is 10.4 Å². The van der Waals surface area contributed by atoms with Crippen LogP contribution in [0.15, 0.2) is 53.7 Å². The number of halogens is 2. The molecule has 0 bridgehead atoms. The van der Waals surface area contributed by atoms with Gasteiger partial charge in [-0.1, -0.05) is 6.07 Å². The number of nitrogens with zero attached hydrogens (tertiary/aromatic N) is 4. The van der Waals surface area contributed by atoms with Crippen molar-refractivity contribution in [1.29, 1.82) is 0 Å². The third-order valence-corrected chi connectivity index (χ3v) is 4.47. The average Bonchev–Trinajstić information content (AvgIpc) is 3.09. The smallest absolute Gasteiger partial charge is 0.267 e. The van der Waals surface area contributed by atoms with Crippen molar-refractivity contribution in [2.75, 3.05) is 0 Å². The van der Waals surface area contributed by atoms with Gasteiger partial charge in [-0.3, -0.25) is 4.79 Å². The molecule has 1 heterocycles. The van der Waals surface area contributed by atoms with E-state index in [1.54, 1.807) is 10.8 Å². The summed E-state index contributed by atoms with van der Waals surface area (Å²) >= 11 is 0. The number of amides is 1. The molecule has 128 valence electrons. The lowest BCUT2D eigenvalue weighted by Gasteiger charge is -2.09. The van der Waals surface area contributed by atoms with Gasteiger partial charge in [0, 0.05) is 6.07 Å². The van der Waals surface area contributed by atoms with Crippen LogP contribution >= 0.6 is 0 Å². The van der Waals surface area contributed by atoms with E-state index >= 15 is 0 Å². The molecule has 1 aromatic heterocycles. The molecule has 0 atom stereocenters. The second-order valence-corrected chi connectivity index (χ2v) is 6.49. The first-order chi connectivity index (χ1) is 11.9. The zero-order chi connectivity index (χ0) is 18.0. The lowest BCUT2D eigenvalue weighted by molar-refractivity contribution is 0.0977. The molecule has 25 heavy (non-hydrogen) atoms. The zero-order valence-electron chi connectivity index (χ0n) is 12.3. The number of sulfonamides is 1. The van der Waals surface area contributed by atoms with Crippen LogP contribution in [0.5, 0.6) is 0 Å². The van der Waals surface area contributed by atoms with E-state index in [0.29, 0.717) is 11.8 Å². The van der Waals surface area contributed by atoms with Gasteiger partial charge < -0.3 is 0 Å². The monoisotopic (exact) mass is 365 g/mol. The maximum absolute atomic E-state index is 13.6. The molecule has 1 amide bonds. The highest BCUT2D eigenvalue weighted by Crippen LogP contribution is 2.15. The first-order valence-corrected chi connectivity index (χ1v) is 8.21. The number of benzene rings is 2. The van der Waals surface area contributed by atoms with E-state index in [2.05, 4.69) is 15.5 Å². The van der Waals surface area contributed by atoms with Gasteiger partial charge in [-0.25, -0.2) is 26.6 Å². The van der Waals surface area contributed by atoms with Crippen molar-refractivity contribution in [2.24, 2.45) is 0 Å². The molecule has 2 aromatic carbocycles. The minimum Gasteiger partial charge on any atom is -0.268 e. The molecule has 8 nitrogen and oxygen atoms in total. The Labute approximate surface area is 140 Å².